The number of anilines is 1. The summed E-state index contributed by atoms with van der Waals surface area (Å²) in [7, 11) is 1.54. The number of amides is 1. The summed E-state index contributed by atoms with van der Waals surface area (Å²) in [6.07, 6.45) is 2.88. The van der Waals surface area contributed by atoms with Crippen molar-refractivity contribution in [3.63, 3.8) is 0 Å². The van der Waals surface area contributed by atoms with Gasteiger partial charge in [-0.25, -0.2) is 29.7 Å². The molecule has 5 aromatic rings. The van der Waals surface area contributed by atoms with Crippen molar-refractivity contribution in [2.24, 2.45) is 0 Å². The first-order valence-electron chi connectivity index (χ1n) is 11.6. The molecule has 0 aliphatic carbocycles. The van der Waals surface area contributed by atoms with E-state index in [9.17, 15) is 4.79 Å². The molecule has 0 saturated carbocycles. The summed E-state index contributed by atoms with van der Waals surface area (Å²) in [5, 5.41) is 3.43. The number of rotatable bonds is 7. The van der Waals surface area contributed by atoms with Gasteiger partial charge in [0.15, 0.2) is 22.8 Å². The molecule has 0 atom stereocenters. The van der Waals surface area contributed by atoms with Gasteiger partial charge in [0.05, 0.1) is 12.1 Å². The Morgan fingerprint density at radius 3 is 2.75 bits per heavy atom. The molecule has 5 rings (SSSR count). The van der Waals surface area contributed by atoms with Crippen LogP contribution in [0.1, 0.15) is 31.3 Å². The van der Waals surface area contributed by atoms with Crippen molar-refractivity contribution in [1.29, 1.82) is 0 Å². The highest BCUT2D eigenvalue weighted by atomic mass is 16.6. The van der Waals surface area contributed by atoms with Crippen molar-refractivity contribution in [3.8, 4) is 17.3 Å². The van der Waals surface area contributed by atoms with Crippen molar-refractivity contribution in [2.75, 3.05) is 25.6 Å². The van der Waals surface area contributed by atoms with Crippen LogP contribution in [-0.4, -0.2) is 60.9 Å². The Balaban J connectivity index is 1.63. The van der Waals surface area contributed by atoms with Crippen LogP contribution in [0.4, 0.5) is 10.6 Å². The first-order valence-corrected chi connectivity index (χ1v) is 11.6. The maximum atomic E-state index is 12.2. The van der Waals surface area contributed by atoms with Gasteiger partial charge in [-0.15, -0.1) is 0 Å². The fourth-order valence-electron chi connectivity index (χ4n) is 3.83. The van der Waals surface area contributed by atoms with Crippen LogP contribution in [0.3, 0.4) is 0 Å². The zero-order valence-corrected chi connectivity index (χ0v) is 20.4. The number of nitrogens with zero attached hydrogens (tertiary/aromatic N) is 6. The second kappa shape index (κ2) is 9.70. The first kappa shape index (κ1) is 23.4. The number of hydrogen-bond acceptors (Lipinski definition) is 8. The zero-order valence-electron chi connectivity index (χ0n) is 20.4. The summed E-state index contributed by atoms with van der Waals surface area (Å²) >= 11 is 0. The van der Waals surface area contributed by atoms with Gasteiger partial charge in [0, 0.05) is 36.5 Å². The molecule has 0 aliphatic rings. The topological polar surface area (TPSA) is 133 Å². The molecule has 0 aliphatic heterocycles. The number of H-pyrrole nitrogens is 1. The Bertz CT molecular complexity index is 1560. The Kier molecular flexibility index (Phi) is 6.30. The van der Waals surface area contributed by atoms with E-state index in [1.165, 1.54) is 0 Å². The third-order valence-electron chi connectivity index (χ3n) is 5.59. The molecule has 2 N–H and O–H groups in total. The summed E-state index contributed by atoms with van der Waals surface area (Å²) in [6, 6.07) is 9.45. The maximum absolute atomic E-state index is 12.2. The number of aromatic amines is 1. The number of nitrogens with one attached hydrogen (secondary N) is 2. The molecular formula is C25H26N8O3. The van der Waals surface area contributed by atoms with Crippen molar-refractivity contribution in [1.82, 2.24) is 34.5 Å². The van der Waals surface area contributed by atoms with E-state index >= 15 is 0 Å². The third-order valence-corrected chi connectivity index (χ3v) is 5.59. The van der Waals surface area contributed by atoms with Crippen LogP contribution in [0.25, 0.3) is 39.4 Å². The molecule has 0 unspecified atom stereocenters. The van der Waals surface area contributed by atoms with Crippen LogP contribution >= 0.6 is 0 Å². The summed E-state index contributed by atoms with van der Waals surface area (Å²) in [6.45, 7) is 6.51. The van der Waals surface area contributed by atoms with E-state index in [-0.39, 0.29) is 12.5 Å². The fraction of sp³-hybridized carbons (Fsp3) is 0.280. The molecule has 0 radical (unpaired) electrons. The van der Waals surface area contributed by atoms with Gasteiger partial charge in [0.25, 0.3) is 0 Å². The average molecular weight is 487 g/mol. The molecule has 11 heteroatoms. The van der Waals surface area contributed by atoms with Gasteiger partial charge in [0.2, 0.25) is 0 Å². The summed E-state index contributed by atoms with van der Waals surface area (Å²) in [5.74, 6) is 2.45. The predicted octanol–water partition coefficient (Wildman–Crippen LogP) is 4.38. The fourth-order valence-corrected chi connectivity index (χ4v) is 3.83. The van der Waals surface area contributed by atoms with Crippen LogP contribution in [-0.2, 0) is 9.47 Å². The minimum atomic E-state index is -0.606. The average Bonchev–Trinajstić information content (AvgIpc) is 3.49. The number of aromatic nitrogens is 7. The van der Waals surface area contributed by atoms with Crippen molar-refractivity contribution in [2.45, 2.75) is 26.7 Å². The van der Waals surface area contributed by atoms with Crippen LogP contribution in [0.15, 0.2) is 42.7 Å². The number of imidazole rings is 1. The highest BCUT2D eigenvalue weighted by Gasteiger charge is 2.20. The number of methoxy groups -OCH3 is 1. The van der Waals surface area contributed by atoms with Gasteiger partial charge in [-0.2, -0.15) is 0 Å². The van der Waals surface area contributed by atoms with Gasteiger partial charge in [0.1, 0.15) is 23.9 Å². The first-order chi connectivity index (χ1) is 17.4. The Morgan fingerprint density at radius 1 is 1.11 bits per heavy atom. The number of aryl methyl sites for hydroxylation is 1. The van der Waals surface area contributed by atoms with Gasteiger partial charge in [-0.3, -0.25) is 9.88 Å². The summed E-state index contributed by atoms with van der Waals surface area (Å²) in [5.41, 5.74) is 3.58. The minimum absolute atomic E-state index is 0.144. The van der Waals surface area contributed by atoms with Gasteiger partial charge in [-0.1, -0.05) is 19.9 Å². The lowest BCUT2D eigenvalue weighted by Gasteiger charge is -2.09. The normalized spacial score (nSPS) is 11.5. The molecule has 0 spiro atoms. The largest absolute Gasteiger partial charge is 0.447 e. The molecule has 0 fully saturated rings. The van der Waals surface area contributed by atoms with Crippen LogP contribution < -0.4 is 5.32 Å². The Hall–Kier alpha value is -4.38. The number of carbonyl (C=O) groups excluding carboxylic acids is 1. The van der Waals surface area contributed by atoms with E-state index in [1.54, 1.807) is 13.3 Å². The minimum Gasteiger partial charge on any atom is -0.447 e. The van der Waals surface area contributed by atoms with E-state index in [0.717, 1.165) is 22.4 Å². The highest BCUT2D eigenvalue weighted by Crippen LogP contribution is 2.29. The van der Waals surface area contributed by atoms with Crippen LogP contribution in [0.5, 0.6) is 0 Å². The van der Waals surface area contributed by atoms with E-state index in [0.29, 0.717) is 40.9 Å². The number of pyridine rings is 2. The number of fused-ring (bicyclic) bond motifs is 2. The quantitative estimate of drug-likeness (QED) is 0.324. The zero-order chi connectivity index (χ0) is 25.2. The second-order valence-corrected chi connectivity index (χ2v) is 8.54. The maximum Gasteiger partial charge on any atom is 0.412 e. The molecular weight excluding hydrogens is 460 g/mol. The smallest absolute Gasteiger partial charge is 0.412 e. The Morgan fingerprint density at radius 2 is 1.97 bits per heavy atom. The molecule has 11 nitrogen and oxygen atoms in total. The van der Waals surface area contributed by atoms with Crippen LogP contribution in [0.2, 0.25) is 0 Å². The lowest BCUT2D eigenvalue weighted by Crippen LogP contribution is -2.17. The second-order valence-electron chi connectivity index (χ2n) is 8.54. The van der Waals surface area contributed by atoms with E-state index in [4.69, 9.17) is 24.4 Å². The SMILES string of the molecule is COCCOC(=O)Nc1nccc2c1ccn2-c1nc(-c2cccc(C)n2)nc2[nH]c(C(C)C)nc12. The molecule has 0 saturated heterocycles. The Labute approximate surface area is 206 Å². The lowest BCUT2D eigenvalue weighted by molar-refractivity contribution is 0.107. The van der Waals surface area contributed by atoms with Crippen LogP contribution in [0, 0.1) is 6.92 Å². The van der Waals surface area contributed by atoms with Crippen molar-refractivity contribution < 1.29 is 14.3 Å². The van der Waals surface area contributed by atoms with E-state index < -0.39 is 6.09 Å². The molecule has 5 aromatic heterocycles. The van der Waals surface area contributed by atoms with Gasteiger partial charge < -0.3 is 14.5 Å². The van der Waals surface area contributed by atoms with Crippen molar-refractivity contribution >= 4 is 34.0 Å². The summed E-state index contributed by atoms with van der Waals surface area (Å²) < 4.78 is 11.9. The number of carbonyl (C=O) groups is 1. The van der Waals surface area contributed by atoms with E-state index in [2.05, 4.69) is 34.1 Å². The molecule has 0 aromatic carbocycles. The number of ether oxygens (including phenoxy) is 2. The predicted molar refractivity (Wildman–Crippen MR) is 135 cm³/mol. The van der Waals surface area contributed by atoms with E-state index in [1.807, 2.05) is 48.0 Å². The third kappa shape index (κ3) is 4.48. The molecule has 36 heavy (non-hydrogen) atoms. The highest BCUT2D eigenvalue weighted by molar-refractivity contribution is 5.98. The van der Waals surface area contributed by atoms with Gasteiger partial charge >= 0.3 is 6.09 Å². The monoisotopic (exact) mass is 486 g/mol. The summed E-state index contributed by atoms with van der Waals surface area (Å²) in [4.78, 5) is 38.9. The van der Waals surface area contributed by atoms with Crippen molar-refractivity contribution in [3.05, 3.63) is 54.2 Å². The molecule has 0 bridgehead atoms. The molecule has 1 amide bonds. The lowest BCUT2D eigenvalue weighted by atomic mass is 10.2. The molecule has 5 heterocycles. The molecule has 184 valence electrons. The van der Waals surface area contributed by atoms with Gasteiger partial charge in [-0.05, 0) is 31.2 Å². The number of hydrogen-bond donors (Lipinski definition) is 2. The standard InChI is InChI=1S/C25H26N8O3/c1-14(2)20-28-19-23(29-20)30-22(17-7-5-6-15(3)27-17)31-24(19)33-11-9-16-18(33)8-10-26-21(16)32-25(34)36-13-12-35-4/h5-11,14H,12-13H2,1-4H3,(H,26,32,34)(H,28,29,30,31).